The Bertz CT molecular complexity index is 777. The molecule has 1 amide bonds. The molecule has 0 bridgehead atoms. The van der Waals surface area contributed by atoms with Gasteiger partial charge < -0.3 is 10.0 Å². The number of hydrogen-bond donors (Lipinski definition) is 1. The van der Waals surface area contributed by atoms with E-state index in [1.54, 1.807) is 11.8 Å². The molecule has 3 rings (SSSR count). The maximum Gasteiger partial charge on any atom is 0.275 e. The number of carbonyl (C=O) groups excluding carboxylic acids is 1. The van der Waals surface area contributed by atoms with Gasteiger partial charge in [0.05, 0.1) is 10.8 Å². The Morgan fingerprint density at radius 3 is 1.97 bits per heavy atom. The summed E-state index contributed by atoms with van der Waals surface area (Å²) in [4.78, 5) is 16.1. The summed E-state index contributed by atoms with van der Waals surface area (Å²) < 4.78 is 0. The van der Waals surface area contributed by atoms with Gasteiger partial charge in [-0.25, -0.2) is 5.01 Å². The lowest BCUT2D eigenvalue weighted by molar-refractivity contribution is -0.142. The van der Waals surface area contributed by atoms with Crippen molar-refractivity contribution in [3.63, 3.8) is 0 Å². The second-order valence-electron chi connectivity index (χ2n) is 10.2. The molecule has 0 spiro atoms. The van der Waals surface area contributed by atoms with Gasteiger partial charge >= 0.3 is 0 Å². The first kappa shape index (κ1) is 22.2. The third kappa shape index (κ3) is 4.81. The average Bonchev–Trinajstić information content (AvgIpc) is 2.96. The Balaban J connectivity index is 1.93. The third-order valence-electron chi connectivity index (χ3n) is 5.65. The summed E-state index contributed by atoms with van der Waals surface area (Å²) in [6.07, 6.45) is 1.99. The first-order valence-electron chi connectivity index (χ1n) is 10.4. The monoisotopic (exact) mass is 417 g/mol. The summed E-state index contributed by atoms with van der Waals surface area (Å²) in [5, 5.41) is 15.0. The quantitative estimate of drug-likeness (QED) is 0.737. The molecule has 2 saturated heterocycles. The Hall–Kier alpha value is -1.50. The summed E-state index contributed by atoms with van der Waals surface area (Å²) >= 11 is 1.60. The fourth-order valence-corrected chi connectivity index (χ4v) is 4.75. The third-order valence-corrected chi connectivity index (χ3v) is 6.63. The van der Waals surface area contributed by atoms with Gasteiger partial charge in [-0.15, -0.1) is 0 Å². The van der Waals surface area contributed by atoms with Crippen LogP contribution in [-0.2, 0) is 15.6 Å². The van der Waals surface area contributed by atoms with Crippen molar-refractivity contribution in [2.75, 3.05) is 39.1 Å². The minimum absolute atomic E-state index is 0.0854. The van der Waals surface area contributed by atoms with Gasteiger partial charge in [0.1, 0.15) is 5.75 Å². The Kier molecular flexibility index (Phi) is 6.10. The number of hydrazine groups is 1. The largest absolute Gasteiger partial charge is 0.507 e. The maximum atomic E-state index is 13.1. The topological polar surface area (TPSA) is 47.0 Å². The van der Waals surface area contributed by atoms with E-state index in [2.05, 4.69) is 58.5 Å². The van der Waals surface area contributed by atoms with Gasteiger partial charge in [-0.3, -0.25) is 9.80 Å². The highest BCUT2D eigenvalue weighted by atomic mass is 32.2. The SMILES string of the molecule is CN1CCN(N2CSC(=Cc3cc(C(C)(C)C)c(O)c(C(C)(C)C)c3)C2=O)CC1. The molecule has 160 valence electrons. The number of phenolic OH excluding ortho intramolecular Hbond substituents is 1. The van der Waals surface area contributed by atoms with Gasteiger partial charge in [-0.1, -0.05) is 53.3 Å². The molecule has 1 aromatic carbocycles. The highest BCUT2D eigenvalue weighted by Gasteiger charge is 2.33. The fraction of sp³-hybridized carbons (Fsp3) is 0.609. The van der Waals surface area contributed by atoms with E-state index in [1.165, 1.54) is 0 Å². The molecule has 5 nitrogen and oxygen atoms in total. The van der Waals surface area contributed by atoms with Crippen LogP contribution in [0.15, 0.2) is 17.0 Å². The molecule has 1 N–H and O–H groups in total. The number of amides is 1. The van der Waals surface area contributed by atoms with E-state index < -0.39 is 0 Å². The van der Waals surface area contributed by atoms with Gasteiger partial charge in [-0.05, 0) is 41.6 Å². The van der Waals surface area contributed by atoms with Crippen LogP contribution in [-0.4, -0.2) is 65.0 Å². The molecule has 0 aliphatic carbocycles. The molecule has 29 heavy (non-hydrogen) atoms. The molecular weight excluding hydrogens is 382 g/mol. The molecule has 0 saturated carbocycles. The van der Waals surface area contributed by atoms with Crippen molar-refractivity contribution in [1.82, 2.24) is 14.9 Å². The molecule has 2 aliphatic heterocycles. The van der Waals surface area contributed by atoms with Crippen molar-refractivity contribution in [2.24, 2.45) is 0 Å². The normalized spacial score (nSPS) is 21.4. The first-order valence-corrected chi connectivity index (χ1v) is 11.3. The summed E-state index contributed by atoms with van der Waals surface area (Å²) in [6, 6.07) is 4.06. The molecule has 2 fully saturated rings. The molecule has 6 heteroatoms. The molecule has 1 aromatic rings. The van der Waals surface area contributed by atoms with Crippen LogP contribution >= 0.6 is 11.8 Å². The molecule has 0 atom stereocenters. The zero-order valence-corrected chi connectivity index (χ0v) is 19.7. The molecule has 0 radical (unpaired) electrons. The minimum Gasteiger partial charge on any atom is -0.507 e. The zero-order valence-electron chi connectivity index (χ0n) is 18.9. The van der Waals surface area contributed by atoms with Crippen LogP contribution in [0.25, 0.3) is 6.08 Å². The molecule has 0 aromatic heterocycles. The second kappa shape index (κ2) is 7.97. The van der Waals surface area contributed by atoms with Crippen LogP contribution in [0.1, 0.15) is 58.2 Å². The van der Waals surface area contributed by atoms with E-state index in [0.29, 0.717) is 11.6 Å². The van der Waals surface area contributed by atoms with Gasteiger partial charge in [0, 0.05) is 37.3 Å². The van der Waals surface area contributed by atoms with Crippen molar-refractivity contribution in [3.05, 3.63) is 33.7 Å². The fourth-order valence-electron chi connectivity index (χ4n) is 3.76. The Labute approximate surface area is 179 Å². The van der Waals surface area contributed by atoms with Crippen LogP contribution < -0.4 is 0 Å². The predicted molar refractivity (Wildman–Crippen MR) is 122 cm³/mol. The standard InChI is InChI=1S/C23H35N3O2S/c1-22(2,3)17-12-16(13-18(20(17)27)23(4,5)6)14-19-21(28)26(15-29-19)25-10-8-24(7)9-11-25/h12-14,27H,8-11,15H2,1-7H3. The number of likely N-dealkylation sites (N-methyl/N-ethyl adjacent to an activating group) is 1. The van der Waals surface area contributed by atoms with Crippen molar-refractivity contribution < 1.29 is 9.90 Å². The number of hydrogen-bond acceptors (Lipinski definition) is 5. The molecular formula is C23H35N3O2S. The Morgan fingerprint density at radius 1 is 0.966 bits per heavy atom. The van der Waals surface area contributed by atoms with Crippen LogP contribution in [0, 0.1) is 0 Å². The lowest BCUT2D eigenvalue weighted by Gasteiger charge is -2.37. The van der Waals surface area contributed by atoms with E-state index in [1.807, 2.05) is 23.2 Å². The van der Waals surface area contributed by atoms with Crippen molar-refractivity contribution in [1.29, 1.82) is 0 Å². The van der Waals surface area contributed by atoms with Crippen molar-refractivity contribution >= 4 is 23.7 Å². The Morgan fingerprint density at radius 2 is 1.48 bits per heavy atom. The van der Waals surface area contributed by atoms with Gasteiger partial charge in [0.2, 0.25) is 0 Å². The summed E-state index contributed by atoms with van der Waals surface area (Å²) in [6.45, 7) is 16.4. The second-order valence-corrected chi connectivity index (χ2v) is 11.2. The number of phenols is 1. The smallest absolute Gasteiger partial charge is 0.275 e. The number of nitrogens with zero attached hydrogens (tertiary/aromatic N) is 3. The van der Waals surface area contributed by atoms with Crippen molar-refractivity contribution in [3.8, 4) is 5.75 Å². The zero-order chi connectivity index (χ0) is 21.6. The number of aromatic hydroxyl groups is 1. The predicted octanol–water partition coefficient (Wildman–Crippen LogP) is 4.02. The number of piperazine rings is 1. The number of rotatable bonds is 2. The lowest BCUT2D eigenvalue weighted by atomic mass is 9.78. The van der Waals surface area contributed by atoms with E-state index in [-0.39, 0.29) is 16.7 Å². The molecule has 2 heterocycles. The highest BCUT2D eigenvalue weighted by molar-refractivity contribution is 8.04. The number of benzene rings is 1. The van der Waals surface area contributed by atoms with Crippen LogP contribution in [0.4, 0.5) is 0 Å². The number of thioether (sulfide) groups is 1. The average molecular weight is 418 g/mol. The van der Waals surface area contributed by atoms with E-state index in [9.17, 15) is 9.90 Å². The lowest BCUT2D eigenvalue weighted by Crippen LogP contribution is -2.53. The van der Waals surface area contributed by atoms with Crippen LogP contribution in [0.2, 0.25) is 0 Å². The van der Waals surface area contributed by atoms with Gasteiger partial charge in [0.25, 0.3) is 5.91 Å². The first-order chi connectivity index (χ1) is 13.4. The van der Waals surface area contributed by atoms with Gasteiger partial charge in [-0.2, -0.15) is 0 Å². The van der Waals surface area contributed by atoms with E-state index in [4.69, 9.17) is 0 Å². The maximum absolute atomic E-state index is 13.1. The minimum atomic E-state index is -0.183. The van der Waals surface area contributed by atoms with Crippen LogP contribution in [0.5, 0.6) is 5.75 Å². The highest BCUT2D eigenvalue weighted by Crippen LogP contribution is 2.41. The van der Waals surface area contributed by atoms with Crippen molar-refractivity contribution in [2.45, 2.75) is 52.4 Å². The summed E-state index contributed by atoms with van der Waals surface area (Å²) in [7, 11) is 2.12. The summed E-state index contributed by atoms with van der Waals surface area (Å²) in [5.74, 6) is 1.13. The summed E-state index contributed by atoms with van der Waals surface area (Å²) in [5.41, 5.74) is 2.45. The van der Waals surface area contributed by atoms with Gasteiger partial charge in [0.15, 0.2) is 0 Å². The van der Waals surface area contributed by atoms with E-state index >= 15 is 0 Å². The molecule has 2 aliphatic rings. The number of carbonyl (C=O) groups is 1. The van der Waals surface area contributed by atoms with Crippen LogP contribution in [0.3, 0.4) is 0 Å². The van der Waals surface area contributed by atoms with E-state index in [0.717, 1.165) is 47.8 Å². The molecule has 0 unspecified atom stereocenters.